The summed E-state index contributed by atoms with van der Waals surface area (Å²) in [6.45, 7) is 5.57. The van der Waals surface area contributed by atoms with Crippen LogP contribution < -0.4 is 10.0 Å². The van der Waals surface area contributed by atoms with Crippen molar-refractivity contribution in [2.45, 2.75) is 57.2 Å². The average molecular weight is 383 g/mol. The molecule has 8 heteroatoms. The molecular weight excluding hydrogens is 357 g/mol. The van der Waals surface area contributed by atoms with Gasteiger partial charge in [-0.1, -0.05) is 0 Å². The molecule has 1 aromatic heterocycles. The van der Waals surface area contributed by atoms with Gasteiger partial charge >= 0.3 is 0 Å². The quantitative estimate of drug-likeness (QED) is 0.823. The number of oxazole rings is 1. The summed E-state index contributed by atoms with van der Waals surface area (Å²) in [6.07, 6.45) is 3.68. The summed E-state index contributed by atoms with van der Waals surface area (Å²) < 4.78 is 45.0. The van der Waals surface area contributed by atoms with E-state index in [0.717, 1.165) is 25.7 Å². The van der Waals surface area contributed by atoms with Crippen LogP contribution >= 0.6 is 0 Å². The van der Waals surface area contributed by atoms with Crippen LogP contribution in [0.4, 0.5) is 10.4 Å². The standard InChI is InChI=1S/C18H26FN3O3S/c1-18(2,3)26(23,24)20-11-12-4-7-14(8-5-12)21-17-22-15-9-6-13(19)10-16(15)25-17/h6,9-10,12,14,20H,4-5,7-8,11H2,1-3H3,(H,21,22). The van der Waals surface area contributed by atoms with E-state index in [1.165, 1.54) is 12.1 Å². The number of nitrogens with one attached hydrogen (secondary N) is 2. The largest absolute Gasteiger partial charge is 0.423 e. The van der Waals surface area contributed by atoms with Crippen molar-refractivity contribution in [3.05, 3.63) is 24.0 Å². The van der Waals surface area contributed by atoms with Crippen molar-refractivity contribution in [3.8, 4) is 0 Å². The van der Waals surface area contributed by atoms with E-state index in [9.17, 15) is 12.8 Å². The van der Waals surface area contributed by atoms with Gasteiger partial charge in [-0.15, -0.1) is 0 Å². The first-order chi connectivity index (χ1) is 12.1. The highest BCUT2D eigenvalue weighted by Gasteiger charge is 2.30. The Kier molecular flexibility index (Phi) is 5.25. The van der Waals surface area contributed by atoms with Crippen LogP contribution in [0.3, 0.4) is 0 Å². The second-order valence-corrected chi connectivity index (χ2v) is 10.5. The number of aromatic nitrogens is 1. The highest BCUT2D eigenvalue weighted by molar-refractivity contribution is 7.90. The molecular formula is C18H26FN3O3S. The zero-order chi connectivity index (χ0) is 18.9. The lowest BCUT2D eigenvalue weighted by atomic mass is 9.86. The van der Waals surface area contributed by atoms with Gasteiger partial charge in [0.1, 0.15) is 11.3 Å². The van der Waals surface area contributed by atoms with Crippen LogP contribution in [0.5, 0.6) is 0 Å². The van der Waals surface area contributed by atoms with E-state index in [1.807, 2.05) is 0 Å². The summed E-state index contributed by atoms with van der Waals surface area (Å²) in [6, 6.07) is 4.91. The van der Waals surface area contributed by atoms with Crippen molar-refractivity contribution < 1.29 is 17.2 Å². The van der Waals surface area contributed by atoms with Gasteiger partial charge in [-0.3, -0.25) is 0 Å². The number of sulfonamides is 1. The molecule has 1 saturated carbocycles. The van der Waals surface area contributed by atoms with Gasteiger partial charge in [-0.05, 0) is 64.5 Å². The molecule has 2 aromatic rings. The maximum absolute atomic E-state index is 13.2. The van der Waals surface area contributed by atoms with Crippen molar-refractivity contribution in [1.82, 2.24) is 9.71 Å². The third kappa shape index (κ3) is 4.35. The fraction of sp³-hybridized carbons (Fsp3) is 0.611. The Labute approximate surface area is 153 Å². The maximum atomic E-state index is 13.2. The molecule has 26 heavy (non-hydrogen) atoms. The van der Waals surface area contributed by atoms with Crippen molar-refractivity contribution in [1.29, 1.82) is 0 Å². The number of anilines is 1. The molecule has 3 rings (SSSR count). The molecule has 1 aromatic carbocycles. The highest BCUT2D eigenvalue weighted by atomic mass is 32.2. The Hall–Kier alpha value is -1.67. The first-order valence-electron chi connectivity index (χ1n) is 8.96. The van der Waals surface area contributed by atoms with Gasteiger partial charge in [-0.25, -0.2) is 17.5 Å². The zero-order valence-electron chi connectivity index (χ0n) is 15.4. The molecule has 2 N–H and O–H groups in total. The van der Waals surface area contributed by atoms with Crippen molar-refractivity contribution in [2.75, 3.05) is 11.9 Å². The lowest BCUT2D eigenvalue weighted by molar-refractivity contribution is 0.333. The predicted molar refractivity (Wildman–Crippen MR) is 100 cm³/mol. The summed E-state index contributed by atoms with van der Waals surface area (Å²) in [5.41, 5.74) is 1.05. The molecule has 0 bridgehead atoms. The van der Waals surface area contributed by atoms with Crippen molar-refractivity contribution in [2.24, 2.45) is 5.92 Å². The van der Waals surface area contributed by atoms with E-state index in [2.05, 4.69) is 15.0 Å². The summed E-state index contributed by atoms with van der Waals surface area (Å²) in [5, 5.41) is 3.27. The number of fused-ring (bicyclic) bond motifs is 1. The minimum absolute atomic E-state index is 0.225. The van der Waals surface area contributed by atoms with E-state index in [-0.39, 0.29) is 11.9 Å². The Balaban J connectivity index is 1.50. The molecule has 0 unspecified atom stereocenters. The van der Waals surface area contributed by atoms with E-state index >= 15 is 0 Å². The fourth-order valence-corrected chi connectivity index (χ4v) is 3.98. The smallest absolute Gasteiger partial charge is 0.295 e. The van der Waals surface area contributed by atoms with Crippen molar-refractivity contribution >= 4 is 27.1 Å². The van der Waals surface area contributed by atoms with Gasteiger partial charge in [0.15, 0.2) is 5.58 Å². The zero-order valence-corrected chi connectivity index (χ0v) is 16.2. The minimum Gasteiger partial charge on any atom is -0.423 e. The molecule has 0 radical (unpaired) electrons. The number of hydrogen-bond donors (Lipinski definition) is 2. The molecule has 1 aliphatic rings. The number of benzene rings is 1. The number of nitrogens with zero attached hydrogens (tertiary/aromatic N) is 1. The third-order valence-electron chi connectivity index (χ3n) is 4.89. The number of halogens is 1. The van der Waals surface area contributed by atoms with Gasteiger partial charge in [-0.2, -0.15) is 4.98 Å². The average Bonchev–Trinajstić information content (AvgIpc) is 2.94. The minimum atomic E-state index is -3.30. The van der Waals surface area contributed by atoms with Crippen LogP contribution in [0.25, 0.3) is 11.1 Å². The number of hydrogen-bond acceptors (Lipinski definition) is 5. The Morgan fingerprint density at radius 1 is 1.23 bits per heavy atom. The molecule has 0 amide bonds. The van der Waals surface area contributed by atoms with Crippen LogP contribution in [0, 0.1) is 11.7 Å². The molecule has 1 aliphatic carbocycles. The first-order valence-corrected chi connectivity index (χ1v) is 10.4. The van der Waals surface area contributed by atoms with Gasteiger partial charge in [0.05, 0.1) is 4.75 Å². The summed E-state index contributed by atoms with van der Waals surface area (Å²) in [5.74, 6) is -0.0127. The summed E-state index contributed by atoms with van der Waals surface area (Å²) in [4.78, 5) is 4.33. The van der Waals surface area contributed by atoms with Gasteiger partial charge in [0, 0.05) is 18.7 Å². The van der Waals surface area contributed by atoms with Crippen LogP contribution in [-0.4, -0.2) is 30.7 Å². The molecule has 1 heterocycles. The Morgan fingerprint density at radius 2 is 1.92 bits per heavy atom. The topological polar surface area (TPSA) is 84.2 Å². The lowest BCUT2D eigenvalue weighted by Crippen LogP contribution is -2.42. The van der Waals surface area contributed by atoms with E-state index in [0.29, 0.717) is 29.6 Å². The predicted octanol–water partition coefficient (Wildman–Crippen LogP) is 3.66. The molecule has 144 valence electrons. The van der Waals surface area contributed by atoms with E-state index < -0.39 is 14.8 Å². The van der Waals surface area contributed by atoms with E-state index in [1.54, 1.807) is 26.8 Å². The van der Waals surface area contributed by atoms with Crippen LogP contribution in [0.1, 0.15) is 46.5 Å². The monoisotopic (exact) mass is 383 g/mol. The normalized spacial score (nSPS) is 21.8. The molecule has 0 atom stereocenters. The molecule has 0 aliphatic heterocycles. The second kappa shape index (κ2) is 7.15. The molecule has 1 fully saturated rings. The maximum Gasteiger partial charge on any atom is 0.295 e. The molecule has 6 nitrogen and oxygen atoms in total. The van der Waals surface area contributed by atoms with Gasteiger partial charge in [0.2, 0.25) is 10.0 Å². The van der Waals surface area contributed by atoms with Crippen LogP contribution in [-0.2, 0) is 10.0 Å². The SMILES string of the molecule is CC(C)(C)S(=O)(=O)NCC1CCC(Nc2nc3ccc(F)cc3o2)CC1. The Bertz CT molecular complexity index is 865. The lowest BCUT2D eigenvalue weighted by Gasteiger charge is -2.29. The highest BCUT2D eigenvalue weighted by Crippen LogP contribution is 2.28. The second-order valence-electron chi connectivity index (χ2n) is 7.96. The summed E-state index contributed by atoms with van der Waals surface area (Å²) >= 11 is 0. The first kappa shape index (κ1) is 19.1. The fourth-order valence-electron chi connectivity index (χ4n) is 3.09. The third-order valence-corrected chi connectivity index (χ3v) is 7.05. The van der Waals surface area contributed by atoms with Crippen molar-refractivity contribution in [3.63, 3.8) is 0 Å². The summed E-state index contributed by atoms with van der Waals surface area (Å²) in [7, 11) is -3.30. The van der Waals surface area contributed by atoms with E-state index in [4.69, 9.17) is 4.42 Å². The number of rotatable bonds is 5. The molecule has 0 saturated heterocycles. The van der Waals surface area contributed by atoms with Crippen LogP contribution in [0.15, 0.2) is 22.6 Å². The molecule has 0 spiro atoms. The van der Waals surface area contributed by atoms with Gasteiger partial charge in [0.25, 0.3) is 6.01 Å². The van der Waals surface area contributed by atoms with Gasteiger partial charge < -0.3 is 9.73 Å². The van der Waals surface area contributed by atoms with Crippen LogP contribution in [0.2, 0.25) is 0 Å². The Morgan fingerprint density at radius 3 is 2.58 bits per heavy atom.